The van der Waals surface area contributed by atoms with Gasteiger partial charge in [0.1, 0.15) is 0 Å². The van der Waals surface area contributed by atoms with Gasteiger partial charge in [-0.2, -0.15) is 0 Å². The largest absolute Gasteiger partial charge is 0.381 e. The zero-order valence-corrected chi connectivity index (χ0v) is 15.3. The highest BCUT2D eigenvalue weighted by Crippen LogP contribution is 2.48. The number of allylic oxidation sites excluding steroid dienone is 2. The molecule has 2 aliphatic rings. The minimum absolute atomic E-state index is 0.0229. The number of anilines is 1. The summed E-state index contributed by atoms with van der Waals surface area (Å²) >= 11 is 6.40. The van der Waals surface area contributed by atoms with Crippen LogP contribution in [0.3, 0.4) is 0 Å². The summed E-state index contributed by atoms with van der Waals surface area (Å²) in [5, 5.41) is 4.32. The lowest BCUT2D eigenvalue weighted by atomic mass is 9.74. The molecule has 25 heavy (non-hydrogen) atoms. The lowest BCUT2D eigenvalue weighted by Gasteiger charge is -2.40. The summed E-state index contributed by atoms with van der Waals surface area (Å²) in [6, 6.07) is 13.6. The van der Waals surface area contributed by atoms with Crippen molar-refractivity contribution < 1.29 is 4.79 Å². The standard InChI is InChI=1S/C22H22ClNO/c1-13(2)20-17-10-6-9-16(17)18-11-15(23)12-19(21(18)24-20)22(25)14-7-4-3-5-8-14/h3-9,11-13,16-17,20,24H,10H2,1-2H3/t16-,17+,20-/m0/s1. The van der Waals surface area contributed by atoms with Crippen LogP contribution in [0.25, 0.3) is 0 Å². The molecule has 0 amide bonds. The van der Waals surface area contributed by atoms with Crippen LogP contribution in [0.5, 0.6) is 0 Å². The van der Waals surface area contributed by atoms with Crippen molar-refractivity contribution >= 4 is 23.1 Å². The van der Waals surface area contributed by atoms with Crippen molar-refractivity contribution in [2.75, 3.05) is 5.32 Å². The Hall–Kier alpha value is -2.06. The van der Waals surface area contributed by atoms with E-state index in [0.29, 0.717) is 39.9 Å². The molecule has 0 bridgehead atoms. The third-order valence-corrected chi connectivity index (χ3v) is 5.70. The number of nitrogens with one attached hydrogen (secondary N) is 1. The summed E-state index contributed by atoms with van der Waals surface area (Å²) in [4.78, 5) is 13.1. The molecule has 0 saturated heterocycles. The maximum absolute atomic E-state index is 13.1. The molecular formula is C22H22ClNO. The predicted molar refractivity (Wildman–Crippen MR) is 104 cm³/mol. The quantitative estimate of drug-likeness (QED) is 0.569. The molecule has 0 spiro atoms. The average Bonchev–Trinajstić information content (AvgIpc) is 3.10. The number of benzene rings is 2. The fourth-order valence-corrected chi connectivity index (χ4v) is 4.51. The van der Waals surface area contributed by atoms with E-state index in [-0.39, 0.29) is 5.78 Å². The Bertz CT molecular complexity index is 841. The molecule has 2 nitrogen and oxygen atoms in total. The third kappa shape index (κ3) is 2.79. The Morgan fingerprint density at radius 3 is 2.68 bits per heavy atom. The molecule has 1 heterocycles. The Balaban J connectivity index is 1.86. The number of ketones is 1. The highest BCUT2D eigenvalue weighted by atomic mass is 35.5. The summed E-state index contributed by atoms with van der Waals surface area (Å²) in [5.74, 6) is 1.39. The highest BCUT2D eigenvalue weighted by molar-refractivity contribution is 6.31. The van der Waals surface area contributed by atoms with Crippen molar-refractivity contribution in [2.45, 2.75) is 32.2 Å². The maximum Gasteiger partial charge on any atom is 0.195 e. The van der Waals surface area contributed by atoms with Gasteiger partial charge in [-0.15, -0.1) is 0 Å². The van der Waals surface area contributed by atoms with Gasteiger partial charge in [0.15, 0.2) is 5.78 Å². The van der Waals surface area contributed by atoms with Crippen molar-refractivity contribution in [3.05, 3.63) is 76.3 Å². The smallest absolute Gasteiger partial charge is 0.195 e. The van der Waals surface area contributed by atoms with E-state index in [2.05, 4.69) is 31.3 Å². The Morgan fingerprint density at radius 1 is 1.20 bits per heavy atom. The average molecular weight is 352 g/mol. The molecule has 0 saturated carbocycles. The molecule has 0 unspecified atom stereocenters. The highest BCUT2D eigenvalue weighted by Gasteiger charge is 2.40. The first kappa shape index (κ1) is 16.4. The number of fused-ring (bicyclic) bond motifs is 3. The molecule has 3 heteroatoms. The van der Waals surface area contributed by atoms with Crippen LogP contribution in [-0.2, 0) is 0 Å². The minimum Gasteiger partial charge on any atom is -0.381 e. The summed E-state index contributed by atoms with van der Waals surface area (Å²) in [7, 11) is 0. The number of carbonyl (C=O) groups is 1. The van der Waals surface area contributed by atoms with E-state index in [4.69, 9.17) is 11.6 Å². The van der Waals surface area contributed by atoms with Gasteiger partial charge in [0, 0.05) is 33.8 Å². The molecule has 2 aromatic carbocycles. The van der Waals surface area contributed by atoms with Gasteiger partial charge in [0.25, 0.3) is 0 Å². The van der Waals surface area contributed by atoms with Crippen LogP contribution in [0.15, 0.2) is 54.6 Å². The normalized spacial score (nSPS) is 23.9. The summed E-state index contributed by atoms with van der Waals surface area (Å²) in [6.07, 6.45) is 5.63. The number of halogens is 1. The lowest BCUT2D eigenvalue weighted by Crippen LogP contribution is -2.40. The molecule has 1 N–H and O–H groups in total. The second-order valence-corrected chi connectivity index (χ2v) is 7.82. The first-order valence-electron chi connectivity index (χ1n) is 8.92. The topological polar surface area (TPSA) is 29.1 Å². The Kier molecular flexibility index (Phi) is 4.16. The van der Waals surface area contributed by atoms with Gasteiger partial charge in [-0.3, -0.25) is 4.79 Å². The van der Waals surface area contributed by atoms with Crippen molar-refractivity contribution in [3.8, 4) is 0 Å². The summed E-state index contributed by atoms with van der Waals surface area (Å²) in [6.45, 7) is 4.49. The molecule has 128 valence electrons. The zero-order valence-electron chi connectivity index (χ0n) is 14.5. The molecule has 1 aliphatic carbocycles. The zero-order chi connectivity index (χ0) is 17.6. The van der Waals surface area contributed by atoms with Crippen LogP contribution in [0.4, 0.5) is 5.69 Å². The van der Waals surface area contributed by atoms with Crippen LogP contribution in [0, 0.1) is 11.8 Å². The molecule has 0 fully saturated rings. The second-order valence-electron chi connectivity index (χ2n) is 7.38. The third-order valence-electron chi connectivity index (χ3n) is 5.48. The molecule has 1 aliphatic heterocycles. The van der Waals surface area contributed by atoms with Crippen LogP contribution in [0.2, 0.25) is 5.02 Å². The molecule has 2 aromatic rings. The lowest BCUT2D eigenvalue weighted by molar-refractivity contribution is 0.103. The van der Waals surface area contributed by atoms with E-state index in [0.717, 1.165) is 17.7 Å². The van der Waals surface area contributed by atoms with E-state index >= 15 is 0 Å². The van der Waals surface area contributed by atoms with Gasteiger partial charge in [-0.25, -0.2) is 0 Å². The van der Waals surface area contributed by atoms with Gasteiger partial charge < -0.3 is 5.32 Å². The summed E-state index contributed by atoms with van der Waals surface area (Å²) in [5.41, 5.74) is 3.49. The van der Waals surface area contributed by atoms with E-state index in [1.54, 1.807) is 6.07 Å². The second kappa shape index (κ2) is 6.34. The molecule has 4 rings (SSSR count). The molecule has 0 radical (unpaired) electrons. The van der Waals surface area contributed by atoms with Gasteiger partial charge in [0.2, 0.25) is 0 Å². The van der Waals surface area contributed by atoms with Gasteiger partial charge >= 0.3 is 0 Å². The Morgan fingerprint density at radius 2 is 1.96 bits per heavy atom. The van der Waals surface area contributed by atoms with Crippen molar-refractivity contribution in [3.63, 3.8) is 0 Å². The summed E-state index contributed by atoms with van der Waals surface area (Å²) < 4.78 is 0. The van der Waals surface area contributed by atoms with Crippen molar-refractivity contribution in [1.82, 2.24) is 0 Å². The van der Waals surface area contributed by atoms with E-state index < -0.39 is 0 Å². The number of hydrogen-bond donors (Lipinski definition) is 1. The molecule has 3 atom stereocenters. The molecular weight excluding hydrogens is 330 g/mol. The van der Waals surface area contributed by atoms with Crippen LogP contribution in [-0.4, -0.2) is 11.8 Å². The van der Waals surface area contributed by atoms with Gasteiger partial charge in [0.05, 0.1) is 0 Å². The number of hydrogen-bond acceptors (Lipinski definition) is 2. The molecule has 0 aromatic heterocycles. The maximum atomic E-state index is 13.1. The predicted octanol–water partition coefficient (Wildman–Crippen LogP) is 5.68. The first-order valence-corrected chi connectivity index (χ1v) is 9.30. The van der Waals surface area contributed by atoms with Crippen molar-refractivity contribution in [1.29, 1.82) is 0 Å². The van der Waals surface area contributed by atoms with E-state index in [1.807, 2.05) is 36.4 Å². The number of rotatable bonds is 3. The van der Waals surface area contributed by atoms with Crippen LogP contribution in [0.1, 0.15) is 47.7 Å². The minimum atomic E-state index is 0.0229. The fraction of sp³-hybridized carbons (Fsp3) is 0.318. The monoisotopic (exact) mass is 351 g/mol. The van der Waals surface area contributed by atoms with E-state index in [1.165, 1.54) is 0 Å². The van der Waals surface area contributed by atoms with Gasteiger partial charge in [-0.1, -0.05) is 67.9 Å². The first-order chi connectivity index (χ1) is 12.1. The van der Waals surface area contributed by atoms with E-state index in [9.17, 15) is 4.79 Å². The van der Waals surface area contributed by atoms with Crippen LogP contribution >= 0.6 is 11.6 Å². The SMILES string of the molecule is CC(C)[C@@H]1Nc2c(C(=O)c3ccccc3)cc(Cl)cc2[C@H]2C=CC[C@H]21. The van der Waals surface area contributed by atoms with Crippen molar-refractivity contribution in [2.24, 2.45) is 11.8 Å². The van der Waals surface area contributed by atoms with Crippen LogP contribution < -0.4 is 5.32 Å². The Labute approximate surface area is 153 Å². The van der Waals surface area contributed by atoms with Gasteiger partial charge in [-0.05, 0) is 36.0 Å². The fourth-order valence-electron chi connectivity index (χ4n) is 4.29. The number of carbonyl (C=O) groups excluding carboxylic acids is 1.